The summed E-state index contributed by atoms with van der Waals surface area (Å²) in [5, 5.41) is 0. The molecule has 1 fully saturated rings. The summed E-state index contributed by atoms with van der Waals surface area (Å²) in [4.78, 5) is 0. The van der Waals surface area contributed by atoms with Gasteiger partial charge < -0.3 is 10.5 Å². The molecule has 2 heteroatoms. The van der Waals surface area contributed by atoms with Gasteiger partial charge in [0.05, 0.1) is 7.11 Å². The Balaban J connectivity index is 1.99. The van der Waals surface area contributed by atoms with E-state index in [1.165, 1.54) is 43.2 Å². The van der Waals surface area contributed by atoms with Crippen LogP contribution in [0.4, 0.5) is 0 Å². The molecule has 2 aliphatic carbocycles. The second kappa shape index (κ2) is 3.49. The molecule has 16 heavy (non-hydrogen) atoms. The van der Waals surface area contributed by atoms with E-state index in [2.05, 4.69) is 18.2 Å². The van der Waals surface area contributed by atoms with Crippen LogP contribution in [0.5, 0.6) is 5.75 Å². The van der Waals surface area contributed by atoms with Gasteiger partial charge in [0.25, 0.3) is 0 Å². The van der Waals surface area contributed by atoms with Gasteiger partial charge in [-0.15, -0.1) is 0 Å². The SMILES string of the molecule is COc1ccc2c(c1)CCCC2C1(N)CC1. The summed E-state index contributed by atoms with van der Waals surface area (Å²) in [7, 11) is 1.73. The van der Waals surface area contributed by atoms with E-state index in [0.717, 1.165) is 5.75 Å². The summed E-state index contributed by atoms with van der Waals surface area (Å²) in [6.45, 7) is 0. The molecule has 2 nitrogen and oxygen atoms in total. The maximum absolute atomic E-state index is 6.38. The van der Waals surface area contributed by atoms with Crippen molar-refractivity contribution in [3.63, 3.8) is 0 Å². The highest BCUT2D eigenvalue weighted by molar-refractivity contribution is 5.42. The number of fused-ring (bicyclic) bond motifs is 1. The van der Waals surface area contributed by atoms with E-state index in [9.17, 15) is 0 Å². The Morgan fingerprint density at radius 1 is 1.38 bits per heavy atom. The highest BCUT2D eigenvalue weighted by Crippen LogP contribution is 2.50. The topological polar surface area (TPSA) is 35.2 Å². The van der Waals surface area contributed by atoms with Crippen LogP contribution in [0.3, 0.4) is 0 Å². The van der Waals surface area contributed by atoms with Gasteiger partial charge in [-0.25, -0.2) is 0 Å². The summed E-state index contributed by atoms with van der Waals surface area (Å²) in [6, 6.07) is 6.49. The van der Waals surface area contributed by atoms with Crippen molar-refractivity contribution >= 4 is 0 Å². The molecule has 0 bridgehead atoms. The molecule has 0 aliphatic heterocycles. The summed E-state index contributed by atoms with van der Waals surface area (Å²) >= 11 is 0. The lowest BCUT2D eigenvalue weighted by molar-refractivity contribution is 0.410. The Morgan fingerprint density at radius 2 is 2.19 bits per heavy atom. The predicted molar refractivity (Wildman–Crippen MR) is 64.8 cm³/mol. The molecule has 1 atom stereocenters. The van der Waals surface area contributed by atoms with Crippen LogP contribution in [0.25, 0.3) is 0 Å². The lowest BCUT2D eigenvalue weighted by Crippen LogP contribution is -2.33. The van der Waals surface area contributed by atoms with Crippen LogP contribution in [0, 0.1) is 0 Å². The standard InChI is InChI=1S/C14H19NO/c1-16-11-5-6-12-10(9-11)3-2-4-13(12)14(15)7-8-14/h5-6,9,13H,2-4,7-8,15H2,1H3. The Kier molecular flexibility index (Phi) is 2.21. The molecule has 2 aliphatic rings. The molecule has 1 saturated carbocycles. The van der Waals surface area contributed by atoms with Crippen LogP contribution in [-0.4, -0.2) is 12.6 Å². The van der Waals surface area contributed by atoms with Gasteiger partial charge in [0.2, 0.25) is 0 Å². The van der Waals surface area contributed by atoms with Crippen LogP contribution < -0.4 is 10.5 Å². The van der Waals surface area contributed by atoms with Gasteiger partial charge in [0, 0.05) is 11.5 Å². The molecule has 0 aromatic heterocycles. The second-order valence-electron chi connectivity index (χ2n) is 5.24. The molecule has 1 unspecified atom stereocenters. The highest BCUT2D eigenvalue weighted by Gasteiger charge is 2.47. The second-order valence-corrected chi connectivity index (χ2v) is 5.24. The van der Waals surface area contributed by atoms with E-state index in [1.807, 2.05) is 0 Å². The summed E-state index contributed by atoms with van der Waals surface area (Å²) in [5.41, 5.74) is 9.42. The van der Waals surface area contributed by atoms with Crippen LogP contribution in [0.2, 0.25) is 0 Å². The molecule has 2 N–H and O–H groups in total. The lowest BCUT2D eigenvalue weighted by Gasteiger charge is -2.30. The Bertz CT molecular complexity index is 409. The van der Waals surface area contributed by atoms with E-state index >= 15 is 0 Å². The third-order valence-electron chi connectivity index (χ3n) is 4.19. The molecule has 0 amide bonds. The minimum absolute atomic E-state index is 0.115. The lowest BCUT2D eigenvalue weighted by atomic mass is 9.77. The fraction of sp³-hybridized carbons (Fsp3) is 0.571. The van der Waals surface area contributed by atoms with Crippen LogP contribution in [0.1, 0.15) is 42.7 Å². The molecule has 0 radical (unpaired) electrons. The van der Waals surface area contributed by atoms with Gasteiger partial charge >= 0.3 is 0 Å². The first kappa shape index (κ1) is 10.2. The van der Waals surface area contributed by atoms with E-state index < -0.39 is 0 Å². The zero-order chi connectivity index (χ0) is 11.2. The zero-order valence-electron chi connectivity index (χ0n) is 9.83. The molecular formula is C14H19NO. The number of ether oxygens (including phenoxy) is 1. The molecule has 3 rings (SSSR count). The number of hydrogen-bond acceptors (Lipinski definition) is 2. The molecule has 86 valence electrons. The van der Waals surface area contributed by atoms with Crippen molar-refractivity contribution in [1.82, 2.24) is 0 Å². The summed E-state index contributed by atoms with van der Waals surface area (Å²) in [5.74, 6) is 1.56. The van der Waals surface area contributed by atoms with E-state index in [4.69, 9.17) is 10.5 Å². The van der Waals surface area contributed by atoms with Crippen molar-refractivity contribution in [1.29, 1.82) is 0 Å². The van der Waals surface area contributed by atoms with Gasteiger partial charge in [-0.2, -0.15) is 0 Å². The fourth-order valence-corrected chi connectivity index (χ4v) is 3.01. The Hall–Kier alpha value is -1.02. The Labute approximate surface area is 96.8 Å². The van der Waals surface area contributed by atoms with Crippen molar-refractivity contribution in [2.45, 2.75) is 43.6 Å². The zero-order valence-corrected chi connectivity index (χ0v) is 9.83. The maximum atomic E-state index is 6.38. The van der Waals surface area contributed by atoms with Crippen molar-refractivity contribution < 1.29 is 4.74 Å². The van der Waals surface area contributed by atoms with E-state index in [0.29, 0.717) is 5.92 Å². The minimum Gasteiger partial charge on any atom is -0.497 e. The summed E-state index contributed by atoms with van der Waals surface area (Å²) < 4.78 is 5.29. The number of methoxy groups -OCH3 is 1. The quantitative estimate of drug-likeness (QED) is 0.826. The number of nitrogens with two attached hydrogens (primary N) is 1. The molecule has 1 aromatic rings. The number of rotatable bonds is 2. The van der Waals surface area contributed by atoms with Crippen LogP contribution in [0.15, 0.2) is 18.2 Å². The normalized spacial score (nSPS) is 26.0. The number of benzene rings is 1. The first-order chi connectivity index (χ1) is 7.73. The minimum atomic E-state index is 0.115. The summed E-state index contributed by atoms with van der Waals surface area (Å²) in [6.07, 6.45) is 6.10. The van der Waals surface area contributed by atoms with Gasteiger partial charge in [-0.05, 0) is 55.4 Å². The molecule has 0 saturated heterocycles. The van der Waals surface area contributed by atoms with Crippen molar-refractivity contribution in [2.75, 3.05) is 7.11 Å². The monoisotopic (exact) mass is 217 g/mol. The average Bonchev–Trinajstić information content (AvgIpc) is 3.07. The third kappa shape index (κ3) is 1.52. The fourth-order valence-electron chi connectivity index (χ4n) is 3.01. The van der Waals surface area contributed by atoms with Crippen LogP contribution in [-0.2, 0) is 6.42 Å². The third-order valence-corrected chi connectivity index (χ3v) is 4.19. The predicted octanol–water partition coefficient (Wildman–Crippen LogP) is 2.61. The van der Waals surface area contributed by atoms with Crippen LogP contribution >= 0.6 is 0 Å². The Morgan fingerprint density at radius 3 is 2.88 bits per heavy atom. The first-order valence-electron chi connectivity index (χ1n) is 6.19. The van der Waals surface area contributed by atoms with E-state index in [-0.39, 0.29) is 5.54 Å². The van der Waals surface area contributed by atoms with Gasteiger partial charge in [0.1, 0.15) is 5.75 Å². The number of aryl methyl sites for hydroxylation is 1. The van der Waals surface area contributed by atoms with E-state index in [1.54, 1.807) is 7.11 Å². The molecular weight excluding hydrogens is 198 g/mol. The molecule has 1 aromatic carbocycles. The van der Waals surface area contributed by atoms with Crippen molar-refractivity contribution in [3.05, 3.63) is 29.3 Å². The molecule has 0 spiro atoms. The van der Waals surface area contributed by atoms with Gasteiger partial charge in [0.15, 0.2) is 0 Å². The van der Waals surface area contributed by atoms with Gasteiger partial charge in [-0.1, -0.05) is 6.07 Å². The largest absolute Gasteiger partial charge is 0.497 e. The van der Waals surface area contributed by atoms with Crippen molar-refractivity contribution in [3.8, 4) is 5.75 Å². The maximum Gasteiger partial charge on any atom is 0.119 e. The van der Waals surface area contributed by atoms with Crippen molar-refractivity contribution in [2.24, 2.45) is 5.73 Å². The number of hydrogen-bond donors (Lipinski definition) is 1. The smallest absolute Gasteiger partial charge is 0.119 e. The molecule has 0 heterocycles. The average molecular weight is 217 g/mol. The highest BCUT2D eigenvalue weighted by atomic mass is 16.5. The first-order valence-corrected chi connectivity index (χ1v) is 6.19. The van der Waals surface area contributed by atoms with Gasteiger partial charge in [-0.3, -0.25) is 0 Å².